The summed E-state index contributed by atoms with van der Waals surface area (Å²) in [5.74, 6) is -0.343. The molecule has 3 atom stereocenters. The molecule has 9 nitrogen and oxygen atoms in total. The van der Waals surface area contributed by atoms with Gasteiger partial charge in [0.05, 0.1) is 13.2 Å². The highest BCUT2D eigenvalue weighted by atomic mass is 16.5. The number of fused-ring (bicyclic) bond motifs is 1. The van der Waals surface area contributed by atoms with Crippen LogP contribution in [0.15, 0.2) is 0 Å². The van der Waals surface area contributed by atoms with Gasteiger partial charge in [-0.15, -0.1) is 0 Å². The molecule has 3 rings (SSSR count). The fourth-order valence-electron chi connectivity index (χ4n) is 2.30. The van der Waals surface area contributed by atoms with Crippen LogP contribution >= 0.6 is 0 Å². The molecule has 18 heavy (non-hydrogen) atoms. The first kappa shape index (κ1) is 11.8. The zero-order valence-electron chi connectivity index (χ0n) is 9.73. The maximum atomic E-state index is 11.6. The molecule has 0 saturated carbocycles. The number of ether oxygens (including phenoxy) is 1. The Morgan fingerprint density at radius 3 is 2.72 bits per heavy atom. The maximum absolute atomic E-state index is 11.6. The molecule has 3 saturated heterocycles. The Hall–Kier alpha value is -1.26. The molecule has 0 aromatic rings. The summed E-state index contributed by atoms with van der Waals surface area (Å²) in [5, 5.41) is 8.07. The fourth-order valence-corrected chi connectivity index (χ4v) is 2.30. The molecular formula is C9H16N6O3. The summed E-state index contributed by atoms with van der Waals surface area (Å²) in [6.45, 7) is 2.95. The van der Waals surface area contributed by atoms with E-state index in [-0.39, 0.29) is 12.2 Å². The van der Waals surface area contributed by atoms with E-state index in [0.717, 1.165) is 13.1 Å². The maximum Gasteiger partial charge on any atom is 0.322 e. The van der Waals surface area contributed by atoms with Gasteiger partial charge >= 0.3 is 6.03 Å². The van der Waals surface area contributed by atoms with E-state index in [4.69, 9.17) is 4.74 Å². The third-order valence-corrected chi connectivity index (χ3v) is 3.26. The summed E-state index contributed by atoms with van der Waals surface area (Å²) in [6.07, 6.45) is -0.554. The van der Waals surface area contributed by atoms with Gasteiger partial charge in [0.15, 0.2) is 0 Å². The van der Waals surface area contributed by atoms with Crippen LogP contribution in [0.2, 0.25) is 0 Å². The number of nitrogens with zero attached hydrogens (tertiary/aromatic N) is 1. The Kier molecular flexibility index (Phi) is 3.14. The third kappa shape index (κ3) is 2.18. The second-order valence-electron chi connectivity index (χ2n) is 4.42. The van der Waals surface area contributed by atoms with Crippen molar-refractivity contribution in [1.82, 2.24) is 31.7 Å². The van der Waals surface area contributed by atoms with E-state index in [0.29, 0.717) is 13.2 Å². The Balaban J connectivity index is 1.64. The number of hydrogen-bond acceptors (Lipinski definition) is 7. The average Bonchev–Trinajstić information content (AvgIpc) is 2.39. The summed E-state index contributed by atoms with van der Waals surface area (Å²) >= 11 is 0. The van der Waals surface area contributed by atoms with Gasteiger partial charge in [0, 0.05) is 13.1 Å². The van der Waals surface area contributed by atoms with Gasteiger partial charge in [-0.2, -0.15) is 0 Å². The molecule has 3 aliphatic heterocycles. The van der Waals surface area contributed by atoms with Gasteiger partial charge in [-0.1, -0.05) is 0 Å². The van der Waals surface area contributed by atoms with Crippen molar-refractivity contribution in [3.05, 3.63) is 0 Å². The van der Waals surface area contributed by atoms with E-state index in [1.54, 1.807) is 0 Å². The van der Waals surface area contributed by atoms with Crippen molar-refractivity contribution in [1.29, 1.82) is 0 Å². The van der Waals surface area contributed by atoms with Crippen molar-refractivity contribution in [3.8, 4) is 0 Å². The zero-order chi connectivity index (χ0) is 12.5. The van der Waals surface area contributed by atoms with Crippen LogP contribution in [0.25, 0.3) is 0 Å². The number of nitrogens with one attached hydrogen (secondary N) is 5. The predicted octanol–water partition coefficient (Wildman–Crippen LogP) is -3.17. The molecule has 0 aliphatic carbocycles. The molecule has 0 radical (unpaired) electrons. The number of hydrogen-bond donors (Lipinski definition) is 5. The van der Waals surface area contributed by atoms with Gasteiger partial charge in [-0.25, -0.2) is 15.6 Å². The van der Waals surface area contributed by atoms with E-state index in [1.807, 2.05) is 0 Å². The Morgan fingerprint density at radius 1 is 1.17 bits per heavy atom. The SMILES string of the molecule is O=C1NC(=O)C2NNC(N3CCOCC3)NC2N1. The number of carbonyl (C=O) groups is 2. The largest absolute Gasteiger partial charge is 0.379 e. The fraction of sp³-hybridized carbons (Fsp3) is 0.778. The zero-order valence-corrected chi connectivity index (χ0v) is 9.73. The van der Waals surface area contributed by atoms with E-state index in [1.165, 1.54) is 0 Å². The Bertz CT molecular complexity index is 358. The van der Waals surface area contributed by atoms with E-state index < -0.39 is 18.2 Å². The van der Waals surface area contributed by atoms with Gasteiger partial charge in [0.1, 0.15) is 18.5 Å². The topological polar surface area (TPSA) is 107 Å². The highest BCUT2D eigenvalue weighted by Crippen LogP contribution is 2.06. The van der Waals surface area contributed by atoms with Crippen LogP contribution in [-0.2, 0) is 9.53 Å². The summed E-state index contributed by atoms with van der Waals surface area (Å²) in [4.78, 5) is 25.0. The van der Waals surface area contributed by atoms with Gasteiger partial charge in [0.25, 0.3) is 0 Å². The van der Waals surface area contributed by atoms with E-state index in [9.17, 15) is 9.59 Å². The van der Waals surface area contributed by atoms with E-state index in [2.05, 4.69) is 31.7 Å². The molecule has 0 bridgehead atoms. The van der Waals surface area contributed by atoms with Crippen molar-refractivity contribution in [2.75, 3.05) is 26.3 Å². The molecule has 3 heterocycles. The number of amides is 3. The first-order valence-corrected chi connectivity index (χ1v) is 5.94. The highest BCUT2D eigenvalue weighted by Gasteiger charge is 2.41. The van der Waals surface area contributed by atoms with Crippen molar-refractivity contribution < 1.29 is 14.3 Å². The van der Waals surface area contributed by atoms with Crippen LogP contribution in [0, 0.1) is 0 Å². The Morgan fingerprint density at radius 2 is 1.94 bits per heavy atom. The van der Waals surface area contributed by atoms with Crippen molar-refractivity contribution in [3.63, 3.8) is 0 Å². The van der Waals surface area contributed by atoms with Crippen molar-refractivity contribution in [2.24, 2.45) is 0 Å². The lowest BCUT2D eigenvalue weighted by Crippen LogP contribution is -2.81. The first-order chi connectivity index (χ1) is 8.74. The minimum atomic E-state index is -0.514. The number of urea groups is 1. The van der Waals surface area contributed by atoms with Crippen LogP contribution in [0.1, 0.15) is 0 Å². The molecule has 3 amide bonds. The predicted molar refractivity (Wildman–Crippen MR) is 59.8 cm³/mol. The highest BCUT2D eigenvalue weighted by molar-refractivity contribution is 6.00. The molecule has 100 valence electrons. The standard InChI is InChI=1S/C9H16N6O3/c16-7-5-6(11-9(17)12-7)10-8(14-13-5)15-1-3-18-4-2-15/h5-6,8,10,13-14H,1-4H2,(H2,11,12,16,17). The van der Waals surface area contributed by atoms with Gasteiger partial charge < -0.3 is 10.1 Å². The number of hydrazine groups is 1. The molecule has 3 unspecified atom stereocenters. The second kappa shape index (κ2) is 4.78. The lowest BCUT2D eigenvalue weighted by molar-refractivity contribution is -0.126. The average molecular weight is 256 g/mol. The third-order valence-electron chi connectivity index (χ3n) is 3.26. The van der Waals surface area contributed by atoms with Crippen LogP contribution in [0.3, 0.4) is 0 Å². The Labute approximate surface area is 104 Å². The van der Waals surface area contributed by atoms with Gasteiger partial charge in [-0.05, 0) is 0 Å². The first-order valence-electron chi connectivity index (χ1n) is 5.94. The molecule has 3 aliphatic rings. The number of rotatable bonds is 1. The minimum Gasteiger partial charge on any atom is -0.379 e. The number of imide groups is 1. The molecule has 9 heteroatoms. The van der Waals surface area contributed by atoms with Crippen molar-refractivity contribution in [2.45, 2.75) is 18.5 Å². The normalized spacial score (nSPS) is 37.7. The lowest BCUT2D eigenvalue weighted by Gasteiger charge is -2.45. The van der Waals surface area contributed by atoms with E-state index >= 15 is 0 Å². The quantitative estimate of drug-likeness (QED) is 0.337. The minimum absolute atomic E-state index is 0.138. The van der Waals surface area contributed by atoms with Crippen LogP contribution in [0.5, 0.6) is 0 Å². The molecule has 0 aromatic carbocycles. The lowest BCUT2D eigenvalue weighted by atomic mass is 10.1. The molecule has 0 aromatic heterocycles. The van der Waals surface area contributed by atoms with Crippen LogP contribution in [-0.4, -0.2) is 61.6 Å². The number of carbonyl (C=O) groups excluding carboxylic acids is 2. The van der Waals surface area contributed by atoms with Gasteiger partial charge in [0.2, 0.25) is 5.91 Å². The smallest absolute Gasteiger partial charge is 0.322 e. The monoisotopic (exact) mass is 256 g/mol. The van der Waals surface area contributed by atoms with Crippen LogP contribution < -0.4 is 26.8 Å². The van der Waals surface area contributed by atoms with Crippen LogP contribution in [0.4, 0.5) is 4.79 Å². The number of morpholine rings is 1. The van der Waals surface area contributed by atoms with Crippen molar-refractivity contribution >= 4 is 11.9 Å². The summed E-state index contributed by atoms with van der Waals surface area (Å²) in [6, 6.07) is -0.988. The van der Waals surface area contributed by atoms with Gasteiger partial charge in [-0.3, -0.25) is 20.3 Å². The molecule has 5 N–H and O–H groups in total. The molecular weight excluding hydrogens is 240 g/mol. The summed E-state index contributed by atoms with van der Waals surface area (Å²) < 4.78 is 5.28. The second-order valence-corrected chi connectivity index (χ2v) is 4.42. The summed E-state index contributed by atoms with van der Waals surface area (Å²) in [5.41, 5.74) is 5.95. The molecule has 0 spiro atoms. The summed E-state index contributed by atoms with van der Waals surface area (Å²) in [7, 11) is 0. The molecule has 3 fully saturated rings.